The maximum Gasteiger partial charge on any atom is 0.248 e. The molecule has 0 aliphatic rings. The third-order valence-corrected chi connectivity index (χ3v) is 1.80. The van der Waals surface area contributed by atoms with Crippen LogP contribution in [-0.2, 0) is 0 Å². The van der Waals surface area contributed by atoms with Crippen LogP contribution < -0.4 is 5.73 Å². The highest BCUT2D eigenvalue weighted by molar-refractivity contribution is 5.92. The van der Waals surface area contributed by atoms with E-state index in [1.807, 2.05) is 0 Å². The second-order valence-electron chi connectivity index (χ2n) is 2.95. The van der Waals surface area contributed by atoms with E-state index in [0.717, 1.165) is 5.56 Å². The van der Waals surface area contributed by atoms with Crippen LogP contribution in [0, 0.1) is 11.8 Å². The molecule has 0 bridgehead atoms. The highest BCUT2D eigenvalue weighted by atomic mass is 16.1. The van der Waals surface area contributed by atoms with Crippen molar-refractivity contribution in [1.82, 2.24) is 0 Å². The number of azide groups is 1. The molecule has 0 saturated carbocycles. The van der Waals surface area contributed by atoms with Crippen LogP contribution in [0.5, 0.6) is 0 Å². The third kappa shape index (κ3) is 3.74. The number of benzene rings is 1. The molecule has 1 aromatic carbocycles. The zero-order valence-electron chi connectivity index (χ0n) is 8.55. The zero-order chi connectivity index (χ0) is 11.8. The quantitative estimate of drug-likeness (QED) is 0.268. The molecule has 0 spiro atoms. The summed E-state index contributed by atoms with van der Waals surface area (Å²) in [5.74, 6) is 5.28. The molecule has 0 radical (unpaired) electrons. The number of primary amides is 1. The summed E-state index contributed by atoms with van der Waals surface area (Å²) in [4.78, 5) is 13.4. The Morgan fingerprint density at radius 3 is 2.69 bits per heavy atom. The van der Waals surface area contributed by atoms with Crippen molar-refractivity contribution in [3.05, 3.63) is 45.8 Å². The first-order chi connectivity index (χ1) is 7.74. The molecule has 0 atom stereocenters. The monoisotopic (exact) mass is 214 g/mol. The number of hydrogen-bond acceptors (Lipinski definition) is 2. The summed E-state index contributed by atoms with van der Waals surface area (Å²) < 4.78 is 0. The Morgan fingerprint density at radius 1 is 1.44 bits per heavy atom. The Balaban J connectivity index is 2.61. The van der Waals surface area contributed by atoms with Crippen LogP contribution in [0.4, 0.5) is 0 Å². The minimum Gasteiger partial charge on any atom is -0.366 e. The van der Waals surface area contributed by atoms with Crippen LogP contribution in [0.25, 0.3) is 10.4 Å². The smallest absolute Gasteiger partial charge is 0.248 e. The summed E-state index contributed by atoms with van der Waals surface area (Å²) in [6.45, 7) is 0.364. The van der Waals surface area contributed by atoms with E-state index in [1.165, 1.54) is 0 Å². The van der Waals surface area contributed by atoms with Gasteiger partial charge in [0, 0.05) is 29.0 Å². The molecule has 2 N–H and O–H groups in total. The number of nitrogens with zero attached hydrogens (tertiary/aromatic N) is 3. The molecule has 1 rings (SSSR count). The van der Waals surface area contributed by atoms with Crippen LogP contribution in [0.2, 0.25) is 0 Å². The van der Waals surface area contributed by atoms with E-state index in [4.69, 9.17) is 11.3 Å². The molecule has 0 unspecified atom stereocenters. The topological polar surface area (TPSA) is 91.8 Å². The molecule has 0 aromatic heterocycles. The van der Waals surface area contributed by atoms with E-state index in [-0.39, 0.29) is 0 Å². The summed E-state index contributed by atoms with van der Waals surface area (Å²) in [6.07, 6.45) is 0.516. The Labute approximate surface area is 92.9 Å². The normalized spacial score (nSPS) is 8.50. The van der Waals surface area contributed by atoms with E-state index in [0.29, 0.717) is 18.5 Å². The Bertz CT molecular complexity index is 475. The largest absolute Gasteiger partial charge is 0.366 e. The molecule has 80 valence electrons. The molecule has 5 nitrogen and oxygen atoms in total. The standard InChI is InChI=1S/C11H10N4O/c12-11(16)10-6-4-9(5-7-10)3-1-2-8-14-15-13/h4-7H,2,8H2,(H2,12,16). The van der Waals surface area contributed by atoms with Crippen molar-refractivity contribution in [1.29, 1.82) is 0 Å². The van der Waals surface area contributed by atoms with Crippen LogP contribution in [0.15, 0.2) is 29.4 Å². The van der Waals surface area contributed by atoms with Gasteiger partial charge in [-0.05, 0) is 29.8 Å². The summed E-state index contributed by atoms with van der Waals surface area (Å²) in [6, 6.07) is 6.70. The van der Waals surface area contributed by atoms with Crippen molar-refractivity contribution in [2.75, 3.05) is 6.54 Å². The fraction of sp³-hybridized carbons (Fsp3) is 0.182. The number of rotatable bonds is 3. The average molecular weight is 214 g/mol. The Hall–Kier alpha value is -2.44. The predicted molar refractivity (Wildman–Crippen MR) is 60.5 cm³/mol. The van der Waals surface area contributed by atoms with E-state index >= 15 is 0 Å². The molecule has 0 aliphatic heterocycles. The lowest BCUT2D eigenvalue weighted by Gasteiger charge is -1.94. The van der Waals surface area contributed by atoms with E-state index < -0.39 is 5.91 Å². The lowest BCUT2D eigenvalue weighted by Crippen LogP contribution is -2.10. The van der Waals surface area contributed by atoms with Crippen LogP contribution in [0.3, 0.4) is 0 Å². The van der Waals surface area contributed by atoms with Gasteiger partial charge in [0.1, 0.15) is 0 Å². The van der Waals surface area contributed by atoms with E-state index in [2.05, 4.69) is 21.9 Å². The lowest BCUT2D eigenvalue weighted by atomic mass is 10.1. The first-order valence-electron chi connectivity index (χ1n) is 4.63. The fourth-order valence-corrected chi connectivity index (χ4v) is 1.03. The van der Waals surface area contributed by atoms with E-state index in [9.17, 15) is 4.79 Å². The zero-order valence-corrected chi connectivity index (χ0v) is 8.55. The second kappa shape index (κ2) is 6.12. The Kier molecular flexibility index (Phi) is 4.45. The molecule has 1 amide bonds. The van der Waals surface area contributed by atoms with Gasteiger partial charge in [0.2, 0.25) is 5.91 Å². The van der Waals surface area contributed by atoms with Gasteiger partial charge >= 0.3 is 0 Å². The van der Waals surface area contributed by atoms with Gasteiger partial charge in [0.25, 0.3) is 0 Å². The third-order valence-electron chi connectivity index (χ3n) is 1.80. The first kappa shape index (κ1) is 11.6. The highest BCUT2D eigenvalue weighted by Crippen LogP contribution is 2.02. The number of carbonyl (C=O) groups is 1. The molecule has 0 heterocycles. The first-order valence-corrected chi connectivity index (χ1v) is 4.63. The minimum atomic E-state index is -0.456. The average Bonchev–Trinajstić information content (AvgIpc) is 2.29. The molecule has 0 saturated heterocycles. The maximum absolute atomic E-state index is 10.8. The van der Waals surface area contributed by atoms with Crippen molar-refractivity contribution in [2.45, 2.75) is 6.42 Å². The van der Waals surface area contributed by atoms with Gasteiger partial charge in [-0.3, -0.25) is 4.79 Å². The van der Waals surface area contributed by atoms with Crippen molar-refractivity contribution in [2.24, 2.45) is 10.8 Å². The fourth-order valence-electron chi connectivity index (χ4n) is 1.03. The second-order valence-corrected chi connectivity index (χ2v) is 2.95. The highest BCUT2D eigenvalue weighted by Gasteiger charge is 1.97. The molecule has 0 fully saturated rings. The van der Waals surface area contributed by atoms with Crippen molar-refractivity contribution in [3.63, 3.8) is 0 Å². The molecule has 1 aromatic rings. The SMILES string of the molecule is [N-]=[N+]=NCCC#Cc1ccc(C(N)=O)cc1. The molecular formula is C11H10N4O. The van der Waals surface area contributed by atoms with E-state index in [1.54, 1.807) is 24.3 Å². The van der Waals surface area contributed by atoms with Crippen molar-refractivity contribution in [3.8, 4) is 11.8 Å². The summed E-state index contributed by atoms with van der Waals surface area (Å²) in [5.41, 5.74) is 14.4. The van der Waals surface area contributed by atoms with Crippen LogP contribution in [-0.4, -0.2) is 12.5 Å². The van der Waals surface area contributed by atoms with Gasteiger partial charge in [-0.2, -0.15) is 0 Å². The van der Waals surface area contributed by atoms with Gasteiger partial charge < -0.3 is 5.73 Å². The number of nitrogens with two attached hydrogens (primary N) is 1. The number of carbonyl (C=O) groups excluding carboxylic acids is 1. The van der Waals surface area contributed by atoms with Crippen molar-refractivity contribution < 1.29 is 4.79 Å². The summed E-state index contributed by atoms with van der Waals surface area (Å²) >= 11 is 0. The van der Waals surface area contributed by atoms with Crippen LogP contribution in [0.1, 0.15) is 22.3 Å². The maximum atomic E-state index is 10.8. The van der Waals surface area contributed by atoms with Gasteiger partial charge in [-0.25, -0.2) is 0 Å². The lowest BCUT2D eigenvalue weighted by molar-refractivity contribution is 0.100. The summed E-state index contributed by atoms with van der Waals surface area (Å²) in [7, 11) is 0. The summed E-state index contributed by atoms with van der Waals surface area (Å²) in [5, 5.41) is 3.36. The molecule has 16 heavy (non-hydrogen) atoms. The number of amides is 1. The van der Waals surface area contributed by atoms with Crippen molar-refractivity contribution >= 4 is 5.91 Å². The van der Waals surface area contributed by atoms with Gasteiger partial charge in [-0.15, -0.1) is 0 Å². The van der Waals surface area contributed by atoms with Gasteiger partial charge in [0.15, 0.2) is 0 Å². The van der Waals surface area contributed by atoms with Crippen LogP contribution >= 0.6 is 0 Å². The minimum absolute atomic E-state index is 0.364. The van der Waals surface area contributed by atoms with Gasteiger partial charge in [-0.1, -0.05) is 17.0 Å². The van der Waals surface area contributed by atoms with Gasteiger partial charge in [0.05, 0.1) is 0 Å². The Morgan fingerprint density at radius 2 is 2.12 bits per heavy atom. The molecular weight excluding hydrogens is 204 g/mol. The molecule has 0 aliphatic carbocycles. The number of hydrogen-bond donors (Lipinski definition) is 1. The molecule has 5 heteroatoms. The predicted octanol–water partition coefficient (Wildman–Crippen LogP) is 1.84.